The molecule has 6 nitrogen and oxygen atoms in total. The Kier molecular flexibility index (Phi) is 7.56. The minimum absolute atomic E-state index is 0.115. The van der Waals surface area contributed by atoms with Crippen LogP contribution in [0.15, 0.2) is 70.2 Å². The second kappa shape index (κ2) is 11.0. The van der Waals surface area contributed by atoms with Crippen LogP contribution < -0.4 is 10.6 Å². The van der Waals surface area contributed by atoms with E-state index in [2.05, 4.69) is 53.9 Å². The first-order chi connectivity index (χ1) is 15.7. The second-order valence-electron chi connectivity index (χ2n) is 8.23. The Morgan fingerprint density at radius 3 is 2.69 bits per heavy atom. The minimum Gasteiger partial charge on any atom is -0.373 e. The van der Waals surface area contributed by atoms with Crippen LogP contribution in [0.2, 0.25) is 0 Å². The fourth-order valence-electron chi connectivity index (χ4n) is 4.03. The Bertz CT molecular complexity index is 998. The lowest BCUT2D eigenvalue weighted by Gasteiger charge is -2.32. The first-order valence-electron chi connectivity index (χ1n) is 11.4. The molecule has 0 amide bonds. The maximum absolute atomic E-state index is 6.16. The fourth-order valence-corrected chi connectivity index (χ4v) is 4.03. The van der Waals surface area contributed by atoms with Crippen molar-refractivity contribution in [2.75, 3.05) is 19.7 Å². The molecule has 0 aliphatic carbocycles. The zero-order valence-corrected chi connectivity index (χ0v) is 18.9. The van der Waals surface area contributed by atoms with Gasteiger partial charge in [0.1, 0.15) is 5.69 Å². The molecule has 1 saturated heterocycles. The van der Waals surface area contributed by atoms with Crippen molar-refractivity contribution in [2.24, 2.45) is 10.9 Å². The maximum Gasteiger partial charge on any atom is 0.191 e. The normalized spacial score (nSPS) is 19.0. The molecule has 0 spiro atoms. The van der Waals surface area contributed by atoms with Gasteiger partial charge >= 0.3 is 0 Å². The predicted molar refractivity (Wildman–Crippen MR) is 127 cm³/mol. The van der Waals surface area contributed by atoms with Crippen LogP contribution in [0.4, 0.5) is 0 Å². The standard InChI is InChI=1S/C26H32N4O2/c1-3-27-26(29-18-23-16-24(32-30-23)20-8-5-4-6-9-20)28-17-22-10-7-15-31-25(22)21-13-11-19(2)12-14-21/h4-6,8-9,11-14,16,22,25H,3,7,10,15,17-18H2,1-2H3,(H2,27,28,29). The molecule has 2 aromatic carbocycles. The molecular formula is C26H32N4O2. The van der Waals surface area contributed by atoms with E-state index in [1.807, 2.05) is 36.4 Å². The van der Waals surface area contributed by atoms with Gasteiger partial charge in [0.05, 0.1) is 12.6 Å². The summed E-state index contributed by atoms with van der Waals surface area (Å²) in [6, 6.07) is 20.6. The lowest BCUT2D eigenvalue weighted by atomic mass is 9.89. The molecule has 1 fully saturated rings. The summed E-state index contributed by atoms with van der Waals surface area (Å²) < 4.78 is 11.7. The Balaban J connectivity index is 1.38. The van der Waals surface area contributed by atoms with Crippen LogP contribution in [0, 0.1) is 12.8 Å². The quantitative estimate of drug-likeness (QED) is 0.412. The van der Waals surface area contributed by atoms with Crippen molar-refractivity contribution in [1.82, 2.24) is 15.8 Å². The van der Waals surface area contributed by atoms with Gasteiger partial charge in [0, 0.05) is 37.2 Å². The summed E-state index contributed by atoms with van der Waals surface area (Å²) in [6.45, 7) is 7.05. The highest BCUT2D eigenvalue weighted by molar-refractivity contribution is 5.79. The van der Waals surface area contributed by atoms with E-state index in [1.165, 1.54) is 11.1 Å². The van der Waals surface area contributed by atoms with E-state index in [9.17, 15) is 0 Å². The average Bonchev–Trinajstić information content (AvgIpc) is 3.31. The summed E-state index contributed by atoms with van der Waals surface area (Å²) >= 11 is 0. The third-order valence-electron chi connectivity index (χ3n) is 5.74. The molecule has 4 rings (SSSR count). The molecule has 2 atom stereocenters. The van der Waals surface area contributed by atoms with Gasteiger partial charge in [-0.05, 0) is 32.3 Å². The third-order valence-corrected chi connectivity index (χ3v) is 5.74. The third kappa shape index (κ3) is 5.77. The highest BCUT2D eigenvalue weighted by Gasteiger charge is 2.27. The van der Waals surface area contributed by atoms with Crippen LogP contribution in [0.1, 0.15) is 42.7 Å². The van der Waals surface area contributed by atoms with Gasteiger partial charge in [-0.15, -0.1) is 0 Å². The molecule has 3 aromatic rings. The molecule has 0 bridgehead atoms. The summed E-state index contributed by atoms with van der Waals surface area (Å²) in [7, 11) is 0. The van der Waals surface area contributed by atoms with Crippen molar-refractivity contribution in [3.63, 3.8) is 0 Å². The van der Waals surface area contributed by atoms with Crippen LogP contribution in [-0.4, -0.2) is 30.8 Å². The smallest absolute Gasteiger partial charge is 0.191 e. The van der Waals surface area contributed by atoms with E-state index in [1.54, 1.807) is 0 Å². The Morgan fingerprint density at radius 1 is 1.09 bits per heavy atom. The molecule has 2 unspecified atom stereocenters. The number of hydrogen-bond acceptors (Lipinski definition) is 4. The number of aromatic nitrogens is 1. The van der Waals surface area contributed by atoms with E-state index in [0.717, 1.165) is 55.5 Å². The van der Waals surface area contributed by atoms with Crippen molar-refractivity contribution in [2.45, 2.75) is 39.3 Å². The van der Waals surface area contributed by atoms with E-state index in [0.29, 0.717) is 12.5 Å². The molecule has 1 aliphatic heterocycles. The van der Waals surface area contributed by atoms with Crippen LogP contribution in [0.25, 0.3) is 11.3 Å². The fraction of sp³-hybridized carbons (Fsp3) is 0.385. The summed E-state index contributed by atoms with van der Waals surface area (Å²) in [5.41, 5.74) is 4.34. The zero-order chi connectivity index (χ0) is 22.2. The molecule has 1 aromatic heterocycles. The van der Waals surface area contributed by atoms with E-state index >= 15 is 0 Å². The lowest BCUT2D eigenvalue weighted by molar-refractivity contribution is -0.0265. The minimum atomic E-state index is 0.115. The lowest BCUT2D eigenvalue weighted by Crippen LogP contribution is -2.42. The zero-order valence-electron chi connectivity index (χ0n) is 18.9. The number of guanidine groups is 1. The second-order valence-corrected chi connectivity index (χ2v) is 8.23. The molecule has 0 saturated carbocycles. The summed E-state index contributed by atoms with van der Waals surface area (Å²) in [5.74, 6) is 1.94. The Hall–Kier alpha value is -3.12. The number of ether oxygens (including phenoxy) is 1. The molecule has 2 N–H and O–H groups in total. The van der Waals surface area contributed by atoms with Crippen molar-refractivity contribution in [3.8, 4) is 11.3 Å². The number of benzene rings is 2. The average molecular weight is 433 g/mol. The Morgan fingerprint density at radius 2 is 1.91 bits per heavy atom. The topological polar surface area (TPSA) is 71.7 Å². The number of rotatable bonds is 7. The van der Waals surface area contributed by atoms with Crippen LogP contribution >= 0.6 is 0 Å². The van der Waals surface area contributed by atoms with Crippen molar-refractivity contribution < 1.29 is 9.26 Å². The number of hydrogen-bond donors (Lipinski definition) is 2. The maximum atomic E-state index is 6.16. The SMILES string of the molecule is CCNC(=NCc1cc(-c2ccccc2)on1)NCC1CCCOC1c1ccc(C)cc1. The summed E-state index contributed by atoms with van der Waals surface area (Å²) in [6.07, 6.45) is 2.34. The van der Waals surface area contributed by atoms with Gasteiger partial charge in [0.2, 0.25) is 0 Å². The van der Waals surface area contributed by atoms with Crippen LogP contribution in [0.5, 0.6) is 0 Å². The van der Waals surface area contributed by atoms with Gasteiger partial charge in [-0.2, -0.15) is 0 Å². The van der Waals surface area contributed by atoms with Crippen molar-refractivity contribution in [1.29, 1.82) is 0 Å². The van der Waals surface area contributed by atoms with Gasteiger partial charge in [-0.25, -0.2) is 4.99 Å². The van der Waals surface area contributed by atoms with Gasteiger partial charge in [-0.3, -0.25) is 0 Å². The molecule has 1 aliphatic rings. The van der Waals surface area contributed by atoms with E-state index in [4.69, 9.17) is 14.3 Å². The summed E-state index contributed by atoms with van der Waals surface area (Å²) in [4.78, 5) is 4.72. The predicted octanol–water partition coefficient (Wildman–Crippen LogP) is 4.87. The largest absolute Gasteiger partial charge is 0.373 e. The molecule has 168 valence electrons. The summed E-state index contributed by atoms with van der Waals surface area (Å²) in [5, 5.41) is 11.0. The molecule has 6 heteroatoms. The van der Waals surface area contributed by atoms with E-state index in [-0.39, 0.29) is 6.10 Å². The number of aliphatic imine (C=N–C) groups is 1. The molecule has 2 heterocycles. The van der Waals surface area contributed by atoms with Gasteiger partial charge in [0.25, 0.3) is 0 Å². The molecule has 0 radical (unpaired) electrons. The van der Waals surface area contributed by atoms with Crippen LogP contribution in [-0.2, 0) is 11.3 Å². The van der Waals surface area contributed by atoms with Crippen LogP contribution in [0.3, 0.4) is 0 Å². The Labute approximate surface area is 190 Å². The number of nitrogens with zero attached hydrogens (tertiary/aromatic N) is 2. The van der Waals surface area contributed by atoms with Crippen molar-refractivity contribution >= 4 is 5.96 Å². The van der Waals surface area contributed by atoms with Gasteiger partial charge in [0.15, 0.2) is 11.7 Å². The first kappa shape index (κ1) is 22.1. The molecular weight excluding hydrogens is 400 g/mol. The van der Waals surface area contributed by atoms with E-state index < -0.39 is 0 Å². The number of aryl methyl sites for hydroxylation is 1. The highest BCUT2D eigenvalue weighted by atomic mass is 16.5. The first-order valence-corrected chi connectivity index (χ1v) is 11.4. The molecule has 32 heavy (non-hydrogen) atoms. The highest BCUT2D eigenvalue weighted by Crippen LogP contribution is 2.33. The number of nitrogens with one attached hydrogen (secondary N) is 2. The monoisotopic (exact) mass is 432 g/mol. The van der Waals surface area contributed by atoms with Gasteiger partial charge < -0.3 is 19.9 Å². The van der Waals surface area contributed by atoms with Crippen molar-refractivity contribution in [3.05, 3.63) is 77.5 Å². The van der Waals surface area contributed by atoms with Gasteiger partial charge in [-0.1, -0.05) is 65.3 Å².